The highest BCUT2D eigenvalue weighted by atomic mass is 32.1. The maximum atomic E-state index is 13.5. The third-order valence-corrected chi connectivity index (χ3v) is 6.07. The number of benzene rings is 2. The molecule has 2 heterocycles. The summed E-state index contributed by atoms with van der Waals surface area (Å²) in [6, 6.07) is 22.9. The van der Waals surface area contributed by atoms with Crippen molar-refractivity contribution < 1.29 is 14.0 Å². The molecule has 1 N–H and O–H groups in total. The van der Waals surface area contributed by atoms with E-state index in [0.29, 0.717) is 24.3 Å². The SMILES string of the molecule is Cc1ccc(C(=O)N(CCc2ccccc2)Cc2cccs2)cc1NC(=O)c1ccco1. The summed E-state index contributed by atoms with van der Waals surface area (Å²) in [5.41, 5.74) is 3.19. The minimum atomic E-state index is -0.345. The lowest BCUT2D eigenvalue weighted by Crippen LogP contribution is -2.32. The maximum absolute atomic E-state index is 13.5. The molecule has 0 aliphatic carbocycles. The number of carbonyl (C=O) groups excluding carboxylic acids is 2. The molecule has 4 rings (SSSR count). The number of aryl methyl sites for hydroxylation is 1. The average Bonchev–Trinajstić information content (AvgIpc) is 3.53. The van der Waals surface area contributed by atoms with Crippen molar-refractivity contribution in [1.82, 2.24) is 4.90 Å². The van der Waals surface area contributed by atoms with Gasteiger partial charge in [-0.1, -0.05) is 42.5 Å². The number of hydrogen-bond acceptors (Lipinski definition) is 4. The molecular formula is C26H24N2O3S. The van der Waals surface area contributed by atoms with Crippen LogP contribution < -0.4 is 5.32 Å². The van der Waals surface area contributed by atoms with Crippen LogP contribution in [0.4, 0.5) is 5.69 Å². The molecule has 0 fully saturated rings. The van der Waals surface area contributed by atoms with Gasteiger partial charge in [0, 0.05) is 22.7 Å². The second kappa shape index (κ2) is 10.1. The van der Waals surface area contributed by atoms with Crippen LogP contribution in [0.25, 0.3) is 0 Å². The summed E-state index contributed by atoms with van der Waals surface area (Å²) in [7, 11) is 0. The van der Waals surface area contributed by atoms with Crippen LogP contribution >= 0.6 is 11.3 Å². The minimum absolute atomic E-state index is 0.0668. The van der Waals surface area contributed by atoms with Gasteiger partial charge in [0.05, 0.1) is 12.8 Å². The fourth-order valence-corrected chi connectivity index (χ4v) is 4.14. The lowest BCUT2D eigenvalue weighted by molar-refractivity contribution is 0.0746. The second-order valence-corrected chi connectivity index (χ2v) is 8.54. The Labute approximate surface area is 191 Å². The van der Waals surface area contributed by atoms with E-state index in [-0.39, 0.29) is 17.6 Å². The van der Waals surface area contributed by atoms with Crippen LogP contribution in [0.3, 0.4) is 0 Å². The van der Waals surface area contributed by atoms with Crippen molar-refractivity contribution in [2.75, 3.05) is 11.9 Å². The third kappa shape index (κ3) is 5.34. The third-order valence-electron chi connectivity index (χ3n) is 5.20. The van der Waals surface area contributed by atoms with E-state index in [4.69, 9.17) is 4.42 Å². The molecule has 5 nitrogen and oxygen atoms in total. The molecule has 0 atom stereocenters. The normalized spacial score (nSPS) is 10.7. The van der Waals surface area contributed by atoms with Crippen molar-refractivity contribution in [3.63, 3.8) is 0 Å². The summed E-state index contributed by atoms with van der Waals surface area (Å²) in [6.45, 7) is 3.04. The van der Waals surface area contributed by atoms with Crippen molar-refractivity contribution in [3.8, 4) is 0 Å². The van der Waals surface area contributed by atoms with E-state index in [1.807, 2.05) is 59.7 Å². The Balaban J connectivity index is 1.54. The van der Waals surface area contributed by atoms with Gasteiger partial charge >= 0.3 is 0 Å². The second-order valence-electron chi connectivity index (χ2n) is 7.50. The van der Waals surface area contributed by atoms with Crippen LogP contribution in [0.15, 0.2) is 88.9 Å². The van der Waals surface area contributed by atoms with Gasteiger partial charge in [0.15, 0.2) is 5.76 Å². The van der Waals surface area contributed by atoms with Crippen molar-refractivity contribution in [3.05, 3.63) is 112 Å². The van der Waals surface area contributed by atoms with Crippen molar-refractivity contribution >= 4 is 28.8 Å². The highest BCUT2D eigenvalue weighted by Gasteiger charge is 2.19. The molecule has 162 valence electrons. The van der Waals surface area contributed by atoms with Crippen LogP contribution in [-0.2, 0) is 13.0 Å². The zero-order valence-corrected chi connectivity index (χ0v) is 18.6. The van der Waals surface area contributed by atoms with Gasteiger partial charge in [-0.05, 0) is 60.2 Å². The molecule has 0 bridgehead atoms. The Bertz CT molecular complexity index is 1170. The number of nitrogens with one attached hydrogen (secondary N) is 1. The summed E-state index contributed by atoms with van der Waals surface area (Å²) in [5.74, 6) is -0.187. The summed E-state index contributed by atoms with van der Waals surface area (Å²) in [4.78, 5) is 28.9. The number of anilines is 1. The summed E-state index contributed by atoms with van der Waals surface area (Å²) < 4.78 is 5.17. The highest BCUT2D eigenvalue weighted by molar-refractivity contribution is 7.09. The molecule has 2 aromatic heterocycles. The number of hydrogen-bond donors (Lipinski definition) is 1. The van der Waals surface area contributed by atoms with Crippen molar-refractivity contribution in [2.45, 2.75) is 19.9 Å². The fourth-order valence-electron chi connectivity index (χ4n) is 3.42. The molecule has 0 saturated heterocycles. The lowest BCUT2D eigenvalue weighted by atomic mass is 10.1. The Kier molecular flexibility index (Phi) is 6.82. The zero-order chi connectivity index (χ0) is 22.3. The first-order valence-corrected chi connectivity index (χ1v) is 11.3. The van der Waals surface area contributed by atoms with Crippen LogP contribution in [0.1, 0.15) is 36.9 Å². The van der Waals surface area contributed by atoms with Crippen LogP contribution in [0.5, 0.6) is 0 Å². The smallest absolute Gasteiger partial charge is 0.291 e. The first-order valence-electron chi connectivity index (χ1n) is 10.4. The van der Waals surface area contributed by atoms with E-state index in [2.05, 4.69) is 17.4 Å². The molecule has 4 aromatic rings. The van der Waals surface area contributed by atoms with E-state index >= 15 is 0 Å². The van der Waals surface area contributed by atoms with Crippen molar-refractivity contribution in [2.24, 2.45) is 0 Å². The standard InChI is InChI=1S/C26H24N2O3S/c1-19-11-12-21(17-23(19)27-25(29)24-10-5-15-31-24)26(30)28(18-22-9-6-16-32-22)14-13-20-7-3-2-4-8-20/h2-12,15-17H,13-14,18H2,1H3,(H,27,29). The number of rotatable bonds is 8. The largest absolute Gasteiger partial charge is 0.459 e. The highest BCUT2D eigenvalue weighted by Crippen LogP contribution is 2.21. The van der Waals surface area contributed by atoms with E-state index in [1.54, 1.807) is 29.5 Å². The fraction of sp³-hybridized carbons (Fsp3) is 0.154. The van der Waals surface area contributed by atoms with E-state index in [1.165, 1.54) is 11.8 Å². The predicted molar refractivity (Wildman–Crippen MR) is 127 cm³/mol. The molecule has 0 spiro atoms. The van der Waals surface area contributed by atoms with Gasteiger partial charge in [-0.2, -0.15) is 0 Å². The van der Waals surface area contributed by atoms with Gasteiger partial charge in [-0.25, -0.2) is 0 Å². The number of carbonyl (C=O) groups is 2. The number of thiophene rings is 1. The van der Waals surface area contributed by atoms with E-state index < -0.39 is 0 Å². The Morgan fingerprint density at radius 3 is 2.56 bits per heavy atom. The van der Waals surface area contributed by atoms with Crippen LogP contribution in [0, 0.1) is 6.92 Å². The van der Waals surface area contributed by atoms with Crippen molar-refractivity contribution in [1.29, 1.82) is 0 Å². The number of furan rings is 1. The molecule has 2 aromatic carbocycles. The van der Waals surface area contributed by atoms with Crippen LogP contribution in [0.2, 0.25) is 0 Å². The predicted octanol–water partition coefficient (Wildman–Crippen LogP) is 5.79. The summed E-state index contributed by atoms with van der Waals surface area (Å²) >= 11 is 1.64. The first kappa shape index (κ1) is 21.6. The lowest BCUT2D eigenvalue weighted by Gasteiger charge is -2.23. The molecule has 2 amide bonds. The van der Waals surface area contributed by atoms with Gasteiger partial charge in [0.1, 0.15) is 0 Å². The molecule has 0 unspecified atom stereocenters. The van der Waals surface area contributed by atoms with E-state index in [0.717, 1.165) is 16.9 Å². The quantitative estimate of drug-likeness (QED) is 0.374. The van der Waals surface area contributed by atoms with E-state index in [9.17, 15) is 9.59 Å². The zero-order valence-electron chi connectivity index (χ0n) is 17.8. The molecule has 0 aliphatic heterocycles. The Morgan fingerprint density at radius 1 is 1.00 bits per heavy atom. The molecule has 0 saturated carbocycles. The summed E-state index contributed by atoms with van der Waals surface area (Å²) in [6.07, 6.45) is 2.23. The van der Waals surface area contributed by atoms with Gasteiger partial charge in [-0.3, -0.25) is 9.59 Å². The number of nitrogens with zero attached hydrogens (tertiary/aromatic N) is 1. The minimum Gasteiger partial charge on any atom is -0.459 e. The van der Waals surface area contributed by atoms with Crippen LogP contribution in [-0.4, -0.2) is 23.3 Å². The van der Waals surface area contributed by atoms with Gasteiger partial charge in [0.2, 0.25) is 0 Å². The first-order chi connectivity index (χ1) is 15.6. The van der Waals surface area contributed by atoms with Gasteiger partial charge in [0.25, 0.3) is 11.8 Å². The Morgan fingerprint density at radius 2 is 1.84 bits per heavy atom. The Hall–Kier alpha value is -3.64. The van der Waals surface area contributed by atoms with Gasteiger partial charge in [-0.15, -0.1) is 11.3 Å². The molecule has 0 radical (unpaired) electrons. The number of amides is 2. The van der Waals surface area contributed by atoms with Gasteiger partial charge < -0.3 is 14.6 Å². The average molecular weight is 445 g/mol. The monoisotopic (exact) mass is 444 g/mol. The molecule has 6 heteroatoms. The topological polar surface area (TPSA) is 62.6 Å². The molecule has 0 aliphatic rings. The maximum Gasteiger partial charge on any atom is 0.291 e. The summed E-state index contributed by atoms with van der Waals surface area (Å²) in [5, 5.41) is 4.87. The molecular weight excluding hydrogens is 420 g/mol. The molecule has 32 heavy (non-hydrogen) atoms.